The van der Waals surface area contributed by atoms with Crippen molar-refractivity contribution in [3.05, 3.63) is 16.6 Å². The van der Waals surface area contributed by atoms with Gasteiger partial charge in [-0.1, -0.05) is 0 Å². The molecule has 0 aromatic carbocycles. The molecule has 4 heteroatoms. The molecule has 1 aliphatic heterocycles. The van der Waals surface area contributed by atoms with Crippen LogP contribution in [0.2, 0.25) is 0 Å². The van der Waals surface area contributed by atoms with Crippen LogP contribution < -0.4 is 5.32 Å². The van der Waals surface area contributed by atoms with Gasteiger partial charge in [-0.3, -0.25) is 10.3 Å². The highest BCUT2D eigenvalue weighted by molar-refractivity contribution is 7.99. The van der Waals surface area contributed by atoms with Gasteiger partial charge in [-0.2, -0.15) is 0 Å². The van der Waals surface area contributed by atoms with E-state index < -0.39 is 0 Å². The molecule has 2 nitrogen and oxygen atoms in total. The predicted octanol–water partition coefficient (Wildman–Crippen LogP) is 2.26. The summed E-state index contributed by atoms with van der Waals surface area (Å²) in [5.74, 6) is 1.18. The first-order chi connectivity index (χ1) is 5.67. The molecule has 1 aromatic rings. The predicted molar refractivity (Wildman–Crippen MR) is 54.5 cm³/mol. The third-order valence-corrected chi connectivity index (χ3v) is 4.43. The quantitative estimate of drug-likeness (QED) is 0.752. The molecule has 1 aliphatic rings. The van der Waals surface area contributed by atoms with Gasteiger partial charge in [0.1, 0.15) is 0 Å². The number of nitrogens with one attached hydrogen (secondary N) is 1. The maximum atomic E-state index is 4.08. The van der Waals surface area contributed by atoms with E-state index in [-0.39, 0.29) is 5.54 Å². The third kappa shape index (κ3) is 1.65. The number of rotatable bonds is 1. The van der Waals surface area contributed by atoms with Crippen LogP contribution in [0.1, 0.15) is 24.1 Å². The Morgan fingerprint density at radius 1 is 1.67 bits per heavy atom. The molecule has 2 rings (SSSR count). The van der Waals surface area contributed by atoms with Gasteiger partial charge < -0.3 is 0 Å². The van der Waals surface area contributed by atoms with Crippen molar-refractivity contribution in [3.63, 3.8) is 0 Å². The van der Waals surface area contributed by atoms with E-state index in [1.54, 1.807) is 11.3 Å². The van der Waals surface area contributed by atoms with Crippen molar-refractivity contribution in [2.45, 2.75) is 24.8 Å². The zero-order chi connectivity index (χ0) is 8.60. The largest absolute Gasteiger partial charge is 0.295 e. The average molecular weight is 200 g/mol. The minimum Gasteiger partial charge on any atom is -0.295 e. The van der Waals surface area contributed by atoms with Crippen LogP contribution in [0.15, 0.2) is 11.7 Å². The smallest absolute Gasteiger partial charge is 0.0903 e. The lowest BCUT2D eigenvalue weighted by molar-refractivity contribution is 0.454. The van der Waals surface area contributed by atoms with Crippen molar-refractivity contribution < 1.29 is 0 Å². The Morgan fingerprint density at radius 2 is 2.50 bits per heavy atom. The van der Waals surface area contributed by atoms with Crippen molar-refractivity contribution in [1.82, 2.24) is 10.3 Å². The van der Waals surface area contributed by atoms with Crippen LogP contribution in [0, 0.1) is 0 Å². The minimum atomic E-state index is 0.277. The summed E-state index contributed by atoms with van der Waals surface area (Å²) in [6.07, 6.45) is 1.96. The van der Waals surface area contributed by atoms with E-state index in [1.165, 1.54) is 10.6 Å². The second kappa shape index (κ2) is 3.01. The van der Waals surface area contributed by atoms with Crippen LogP contribution in [-0.4, -0.2) is 16.3 Å². The Kier molecular flexibility index (Phi) is 2.14. The monoisotopic (exact) mass is 200 g/mol. The second-order valence-corrected chi connectivity index (χ2v) is 5.63. The van der Waals surface area contributed by atoms with Crippen LogP contribution >= 0.6 is 23.1 Å². The highest BCUT2D eigenvalue weighted by atomic mass is 32.2. The molecule has 2 heterocycles. The Hall–Kier alpha value is -0.0600. The maximum Gasteiger partial charge on any atom is 0.0903 e. The highest BCUT2D eigenvalue weighted by Crippen LogP contribution is 2.38. The zero-order valence-electron chi connectivity index (χ0n) is 7.20. The van der Waals surface area contributed by atoms with Gasteiger partial charge in [0, 0.05) is 17.5 Å². The zero-order valence-corrected chi connectivity index (χ0v) is 8.84. The van der Waals surface area contributed by atoms with E-state index in [9.17, 15) is 0 Å². The van der Waals surface area contributed by atoms with E-state index in [0.29, 0.717) is 5.37 Å². The van der Waals surface area contributed by atoms with Crippen LogP contribution in [-0.2, 0) is 0 Å². The number of nitrogens with zero attached hydrogens (tertiary/aromatic N) is 1. The topological polar surface area (TPSA) is 24.9 Å². The van der Waals surface area contributed by atoms with Crippen LogP contribution in [0.4, 0.5) is 0 Å². The van der Waals surface area contributed by atoms with Gasteiger partial charge in [0.05, 0.1) is 15.8 Å². The molecule has 1 fully saturated rings. The summed E-state index contributed by atoms with van der Waals surface area (Å²) in [7, 11) is 0. The van der Waals surface area contributed by atoms with Crippen molar-refractivity contribution in [2.24, 2.45) is 0 Å². The number of thioether (sulfide) groups is 1. The molecule has 1 N–H and O–H groups in total. The SMILES string of the molecule is CC1(C)CSC(c2cncs2)N1. The summed E-state index contributed by atoms with van der Waals surface area (Å²) >= 11 is 3.69. The lowest BCUT2D eigenvalue weighted by atomic mass is 10.1. The van der Waals surface area contributed by atoms with E-state index >= 15 is 0 Å². The standard InChI is InChI=1S/C8H12N2S2/c1-8(2)4-11-7(10-8)6-3-9-5-12-6/h3,5,7,10H,4H2,1-2H3. The minimum absolute atomic E-state index is 0.277. The molecule has 0 radical (unpaired) electrons. The summed E-state index contributed by atoms with van der Waals surface area (Å²) in [6, 6.07) is 0. The second-order valence-electron chi connectivity index (χ2n) is 3.62. The molecule has 0 aliphatic carbocycles. The summed E-state index contributed by atoms with van der Waals surface area (Å²) in [6.45, 7) is 4.47. The summed E-state index contributed by atoms with van der Waals surface area (Å²) in [5, 5.41) is 4.03. The fraction of sp³-hybridized carbons (Fsp3) is 0.625. The van der Waals surface area contributed by atoms with Gasteiger partial charge >= 0.3 is 0 Å². The molecule has 1 aromatic heterocycles. The van der Waals surface area contributed by atoms with Crippen molar-refractivity contribution >= 4 is 23.1 Å². The van der Waals surface area contributed by atoms with E-state index in [1.807, 2.05) is 23.5 Å². The number of hydrogen-bond acceptors (Lipinski definition) is 4. The maximum absolute atomic E-state index is 4.08. The van der Waals surface area contributed by atoms with Crippen molar-refractivity contribution in [2.75, 3.05) is 5.75 Å². The lowest BCUT2D eigenvalue weighted by Gasteiger charge is -2.17. The molecule has 1 unspecified atom stereocenters. The van der Waals surface area contributed by atoms with E-state index in [0.717, 1.165) is 0 Å². The molecule has 0 amide bonds. The lowest BCUT2D eigenvalue weighted by Crippen LogP contribution is -2.35. The molecule has 0 saturated carbocycles. The molecule has 66 valence electrons. The molecule has 0 bridgehead atoms. The molecule has 1 saturated heterocycles. The number of thiazole rings is 1. The molecule has 0 spiro atoms. The number of hydrogen-bond donors (Lipinski definition) is 1. The first-order valence-corrected chi connectivity index (χ1v) is 5.88. The normalized spacial score (nSPS) is 27.7. The van der Waals surface area contributed by atoms with Gasteiger partial charge in [0.25, 0.3) is 0 Å². The fourth-order valence-corrected chi connectivity index (χ4v) is 3.45. The van der Waals surface area contributed by atoms with Crippen molar-refractivity contribution in [3.8, 4) is 0 Å². The van der Waals surface area contributed by atoms with Gasteiger partial charge in [0.2, 0.25) is 0 Å². The van der Waals surface area contributed by atoms with Crippen LogP contribution in [0.5, 0.6) is 0 Å². The molecule has 1 atom stereocenters. The Labute approximate surface area is 80.8 Å². The fourth-order valence-electron chi connectivity index (χ4n) is 1.24. The van der Waals surface area contributed by atoms with E-state index in [4.69, 9.17) is 0 Å². The molecule has 12 heavy (non-hydrogen) atoms. The van der Waals surface area contributed by atoms with Gasteiger partial charge in [0.15, 0.2) is 0 Å². The highest BCUT2D eigenvalue weighted by Gasteiger charge is 2.31. The molecular weight excluding hydrogens is 188 g/mol. The number of aromatic nitrogens is 1. The average Bonchev–Trinajstić information content (AvgIpc) is 2.55. The first kappa shape index (κ1) is 8.53. The van der Waals surface area contributed by atoms with Gasteiger partial charge in [-0.15, -0.1) is 23.1 Å². The Bertz CT molecular complexity index is 256. The van der Waals surface area contributed by atoms with Crippen molar-refractivity contribution in [1.29, 1.82) is 0 Å². The summed E-state index contributed by atoms with van der Waals surface area (Å²) in [5.41, 5.74) is 2.17. The molecular formula is C8H12N2S2. The Morgan fingerprint density at radius 3 is 3.00 bits per heavy atom. The third-order valence-electron chi connectivity index (χ3n) is 1.84. The first-order valence-electron chi connectivity index (χ1n) is 3.95. The summed E-state index contributed by atoms with van der Waals surface area (Å²) < 4.78 is 0. The van der Waals surface area contributed by atoms with Crippen LogP contribution in [0.3, 0.4) is 0 Å². The Balaban J connectivity index is 2.10. The van der Waals surface area contributed by atoms with Gasteiger partial charge in [-0.05, 0) is 13.8 Å². The van der Waals surface area contributed by atoms with Crippen LogP contribution in [0.25, 0.3) is 0 Å². The van der Waals surface area contributed by atoms with Gasteiger partial charge in [-0.25, -0.2) is 0 Å². The summed E-state index contributed by atoms with van der Waals surface area (Å²) in [4.78, 5) is 5.42. The van der Waals surface area contributed by atoms with E-state index in [2.05, 4.69) is 24.1 Å².